The van der Waals surface area contributed by atoms with Crippen molar-refractivity contribution in [1.82, 2.24) is 0 Å². The molecule has 2 nitrogen and oxygen atoms in total. The maximum atomic E-state index is 11.9. The Kier molecular flexibility index (Phi) is 4.18. The van der Waals surface area contributed by atoms with E-state index in [9.17, 15) is 10.2 Å². The summed E-state index contributed by atoms with van der Waals surface area (Å²) in [6.07, 6.45) is 7.51. The molecule has 0 radical (unpaired) electrons. The molecule has 4 aliphatic carbocycles. The predicted molar refractivity (Wildman–Crippen MR) is 107 cm³/mol. The third-order valence-electron chi connectivity index (χ3n) is 7.89. The molecule has 0 aliphatic heterocycles. The molecule has 0 heterocycles. The van der Waals surface area contributed by atoms with Crippen LogP contribution in [-0.4, -0.2) is 16.3 Å². The summed E-state index contributed by atoms with van der Waals surface area (Å²) >= 11 is 0. The second kappa shape index (κ2) is 6.46. The van der Waals surface area contributed by atoms with E-state index in [1.54, 1.807) is 0 Å². The summed E-state index contributed by atoms with van der Waals surface area (Å²) in [7, 11) is 0. The second-order valence-electron chi connectivity index (χ2n) is 9.51. The fraction of sp³-hybridized carbons (Fsp3) is 0.520. The molecule has 2 heteroatoms. The Morgan fingerprint density at radius 1 is 0.815 bits per heavy atom. The number of rotatable bonds is 5. The van der Waals surface area contributed by atoms with E-state index in [4.69, 9.17) is 0 Å². The lowest BCUT2D eigenvalue weighted by atomic mass is 9.47. The standard InChI is InChI=1S/C25H30O2/c26-23-20-14-18-13-19(15-20)17-24(23,16-18)11-12-25(27,21-7-3-1-4-8-21)22-9-5-2-6-10-22/h1-10,18-20,23,26-27H,11-17H2. The van der Waals surface area contributed by atoms with E-state index in [1.165, 1.54) is 19.3 Å². The van der Waals surface area contributed by atoms with E-state index in [0.29, 0.717) is 12.3 Å². The molecule has 6 rings (SSSR count). The molecule has 27 heavy (non-hydrogen) atoms. The molecule has 3 atom stereocenters. The molecule has 4 fully saturated rings. The molecular weight excluding hydrogens is 332 g/mol. The fourth-order valence-electron chi connectivity index (χ4n) is 6.85. The van der Waals surface area contributed by atoms with Crippen LogP contribution < -0.4 is 0 Å². The minimum Gasteiger partial charge on any atom is -0.392 e. The van der Waals surface area contributed by atoms with Crippen LogP contribution in [0.15, 0.2) is 60.7 Å². The Labute approximate surface area is 162 Å². The molecule has 0 amide bonds. The van der Waals surface area contributed by atoms with E-state index in [1.807, 2.05) is 60.7 Å². The zero-order chi connectivity index (χ0) is 18.5. The molecule has 142 valence electrons. The van der Waals surface area contributed by atoms with Gasteiger partial charge in [0, 0.05) is 0 Å². The van der Waals surface area contributed by atoms with Crippen molar-refractivity contribution in [3.05, 3.63) is 71.8 Å². The maximum Gasteiger partial charge on any atom is 0.115 e. The summed E-state index contributed by atoms with van der Waals surface area (Å²) in [5.74, 6) is 2.10. The van der Waals surface area contributed by atoms with E-state index < -0.39 is 5.60 Å². The Morgan fingerprint density at radius 2 is 1.33 bits per heavy atom. The Balaban J connectivity index is 1.46. The van der Waals surface area contributed by atoms with Gasteiger partial charge in [0.05, 0.1) is 6.10 Å². The molecule has 4 aliphatic rings. The average molecular weight is 363 g/mol. The summed E-state index contributed by atoms with van der Waals surface area (Å²) in [5, 5.41) is 23.0. The minimum absolute atomic E-state index is 0.0201. The van der Waals surface area contributed by atoms with Gasteiger partial charge in [0.15, 0.2) is 0 Å². The molecule has 4 bridgehead atoms. The smallest absolute Gasteiger partial charge is 0.115 e. The lowest BCUT2D eigenvalue weighted by Gasteiger charge is -2.60. The topological polar surface area (TPSA) is 40.5 Å². The molecule has 2 N–H and O–H groups in total. The monoisotopic (exact) mass is 362 g/mol. The summed E-state index contributed by atoms with van der Waals surface area (Å²) < 4.78 is 0. The summed E-state index contributed by atoms with van der Waals surface area (Å²) in [6.45, 7) is 0. The van der Waals surface area contributed by atoms with Crippen LogP contribution in [0.5, 0.6) is 0 Å². The SMILES string of the molecule is OC1C2CC3CC(C2)CC1(CCC(O)(c1ccccc1)c1ccccc1)C3. The van der Waals surface area contributed by atoms with Crippen molar-refractivity contribution in [2.24, 2.45) is 23.2 Å². The second-order valence-corrected chi connectivity index (χ2v) is 9.51. The molecule has 0 saturated heterocycles. The highest BCUT2D eigenvalue weighted by Gasteiger charge is 2.56. The van der Waals surface area contributed by atoms with Crippen molar-refractivity contribution >= 4 is 0 Å². The van der Waals surface area contributed by atoms with Crippen LogP contribution in [0.4, 0.5) is 0 Å². The lowest BCUT2D eigenvalue weighted by Crippen LogP contribution is -2.56. The summed E-state index contributed by atoms with van der Waals surface area (Å²) in [5.41, 5.74) is 0.934. The molecular formula is C25H30O2. The predicted octanol–water partition coefficient (Wildman–Crippen LogP) is 4.89. The lowest BCUT2D eigenvalue weighted by molar-refractivity contribution is -0.163. The summed E-state index contributed by atoms with van der Waals surface area (Å²) in [4.78, 5) is 0. The number of hydrogen-bond donors (Lipinski definition) is 2. The molecule has 2 aromatic carbocycles. The average Bonchev–Trinajstić information content (AvgIpc) is 2.71. The van der Waals surface area contributed by atoms with Crippen molar-refractivity contribution in [1.29, 1.82) is 0 Å². The van der Waals surface area contributed by atoms with E-state index in [0.717, 1.165) is 42.2 Å². The highest BCUT2D eigenvalue weighted by molar-refractivity contribution is 5.36. The quantitative estimate of drug-likeness (QED) is 0.795. The van der Waals surface area contributed by atoms with Crippen molar-refractivity contribution < 1.29 is 10.2 Å². The van der Waals surface area contributed by atoms with Gasteiger partial charge < -0.3 is 10.2 Å². The number of aliphatic hydroxyl groups excluding tert-OH is 1. The first-order chi connectivity index (χ1) is 13.1. The first kappa shape index (κ1) is 17.5. The number of aliphatic hydroxyl groups is 2. The van der Waals surface area contributed by atoms with E-state index in [-0.39, 0.29) is 11.5 Å². The highest BCUT2D eigenvalue weighted by atomic mass is 16.3. The van der Waals surface area contributed by atoms with Crippen LogP contribution in [0.2, 0.25) is 0 Å². The van der Waals surface area contributed by atoms with E-state index in [2.05, 4.69) is 0 Å². The van der Waals surface area contributed by atoms with Gasteiger partial charge in [0.1, 0.15) is 5.60 Å². The largest absolute Gasteiger partial charge is 0.392 e. The Morgan fingerprint density at radius 3 is 1.85 bits per heavy atom. The van der Waals surface area contributed by atoms with Gasteiger partial charge in [-0.3, -0.25) is 0 Å². The first-order valence-electron chi connectivity index (χ1n) is 10.6. The van der Waals surface area contributed by atoms with Gasteiger partial charge in [-0.2, -0.15) is 0 Å². The molecule has 4 saturated carbocycles. The van der Waals surface area contributed by atoms with Crippen LogP contribution in [0.1, 0.15) is 56.1 Å². The van der Waals surface area contributed by atoms with Gasteiger partial charge in [-0.15, -0.1) is 0 Å². The summed E-state index contributed by atoms with van der Waals surface area (Å²) in [6, 6.07) is 20.1. The molecule has 0 aromatic heterocycles. The van der Waals surface area contributed by atoms with Gasteiger partial charge >= 0.3 is 0 Å². The van der Waals surface area contributed by atoms with Crippen LogP contribution in [0.3, 0.4) is 0 Å². The van der Waals surface area contributed by atoms with Crippen molar-refractivity contribution in [3.63, 3.8) is 0 Å². The Hall–Kier alpha value is -1.64. The van der Waals surface area contributed by atoms with Gasteiger partial charge in [-0.05, 0) is 79.2 Å². The van der Waals surface area contributed by atoms with Gasteiger partial charge in [0.2, 0.25) is 0 Å². The highest BCUT2D eigenvalue weighted by Crippen LogP contribution is 2.62. The van der Waals surface area contributed by atoms with E-state index >= 15 is 0 Å². The fourth-order valence-corrected chi connectivity index (χ4v) is 6.85. The van der Waals surface area contributed by atoms with Crippen molar-refractivity contribution in [2.45, 2.75) is 56.7 Å². The van der Waals surface area contributed by atoms with Crippen LogP contribution in [-0.2, 0) is 5.60 Å². The van der Waals surface area contributed by atoms with Crippen molar-refractivity contribution in [3.8, 4) is 0 Å². The normalized spacial score (nSPS) is 34.7. The molecule has 3 unspecified atom stereocenters. The Bertz CT molecular complexity index is 731. The first-order valence-corrected chi connectivity index (χ1v) is 10.6. The van der Waals surface area contributed by atoms with Gasteiger partial charge in [0.25, 0.3) is 0 Å². The third kappa shape index (κ3) is 2.85. The number of benzene rings is 2. The third-order valence-corrected chi connectivity index (χ3v) is 7.89. The number of hydrogen-bond acceptors (Lipinski definition) is 2. The maximum absolute atomic E-state index is 11.9. The van der Waals surface area contributed by atoms with Crippen molar-refractivity contribution in [2.75, 3.05) is 0 Å². The van der Waals surface area contributed by atoms with Gasteiger partial charge in [-0.1, -0.05) is 60.7 Å². The van der Waals surface area contributed by atoms with Crippen LogP contribution >= 0.6 is 0 Å². The molecule has 2 aromatic rings. The van der Waals surface area contributed by atoms with Crippen LogP contribution in [0.25, 0.3) is 0 Å². The van der Waals surface area contributed by atoms with Crippen LogP contribution in [0, 0.1) is 23.2 Å². The zero-order valence-corrected chi connectivity index (χ0v) is 15.9. The zero-order valence-electron chi connectivity index (χ0n) is 15.9. The molecule has 0 spiro atoms. The minimum atomic E-state index is -0.994. The van der Waals surface area contributed by atoms with Gasteiger partial charge in [-0.25, -0.2) is 0 Å².